The number of nitrogens with two attached hydrogens (primary N) is 1. The molecule has 0 saturated carbocycles. The molecule has 1 unspecified atom stereocenters. The van der Waals surface area contributed by atoms with Gasteiger partial charge < -0.3 is 15.2 Å². The second-order valence-electron chi connectivity index (χ2n) is 7.12. The highest BCUT2D eigenvalue weighted by atomic mass is 16.2. The van der Waals surface area contributed by atoms with Gasteiger partial charge in [-0.2, -0.15) is 0 Å². The highest BCUT2D eigenvalue weighted by Gasteiger charge is 2.20. The summed E-state index contributed by atoms with van der Waals surface area (Å²) in [6.07, 6.45) is 2.61. The van der Waals surface area contributed by atoms with Crippen molar-refractivity contribution in [3.05, 3.63) is 53.1 Å². The molecule has 1 amide bonds. The van der Waals surface area contributed by atoms with E-state index in [2.05, 4.69) is 23.4 Å². The van der Waals surface area contributed by atoms with Gasteiger partial charge in [0.1, 0.15) is 0 Å². The Hall–Kier alpha value is -2.14. The van der Waals surface area contributed by atoms with Crippen LogP contribution in [0.5, 0.6) is 0 Å². The number of rotatable bonds is 7. The van der Waals surface area contributed by atoms with E-state index in [0.717, 1.165) is 29.1 Å². The Morgan fingerprint density at radius 1 is 1.32 bits per heavy atom. The fourth-order valence-corrected chi connectivity index (χ4v) is 2.90. The van der Waals surface area contributed by atoms with E-state index in [-0.39, 0.29) is 11.9 Å². The first-order valence-electron chi connectivity index (χ1n) is 8.89. The zero-order chi connectivity index (χ0) is 18.6. The lowest BCUT2D eigenvalue weighted by Gasteiger charge is -2.21. The third-order valence-electron chi connectivity index (χ3n) is 4.85. The van der Waals surface area contributed by atoms with Crippen LogP contribution >= 0.6 is 0 Å². The Bertz CT molecular complexity index is 706. The molecule has 0 aliphatic carbocycles. The smallest absolute Gasteiger partial charge is 0.255 e. The maximum Gasteiger partial charge on any atom is 0.255 e. The number of aromatic nitrogens is 2. The second-order valence-corrected chi connectivity index (χ2v) is 7.12. The summed E-state index contributed by atoms with van der Waals surface area (Å²) in [7, 11) is 1.85. The molecule has 5 heteroatoms. The minimum Gasteiger partial charge on any atom is -0.342 e. The van der Waals surface area contributed by atoms with Crippen molar-refractivity contribution in [2.24, 2.45) is 11.7 Å². The number of pyridine rings is 1. The molecular weight excluding hydrogens is 312 g/mol. The van der Waals surface area contributed by atoms with Gasteiger partial charge >= 0.3 is 0 Å². The summed E-state index contributed by atoms with van der Waals surface area (Å²) in [4.78, 5) is 19.0. The number of carbonyl (C=O) groups excluding carboxylic acids is 1. The molecule has 2 aromatic rings. The van der Waals surface area contributed by atoms with Gasteiger partial charge in [-0.15, -0.1) is 0 Å². The van der Waals surface area contributed by atoms with Gasteiger partial charge in [0.05, 0.1) is 17.8 Å². The fourth-order valence-electron chi connectivity index (χ4n) is 2.90. The van der Waals surface area contributed by atoms with E-state index in [0.29, 0.717) is 19.0 Å². The van der Waals surface area contributed by atoms with Crippen molar-refractivity contribution in [2.45, 2.75) is 46.7 Å². The Morgan fingerprint density at radius 2 is 2.04 bits per heavy atom. The highest BCUT2D eigenvalue weighted by Crippen LogP contribution is 2.18. The monoisotopic (exact) mass is 342 g/mol. The molecule has 0 spiro atoms. The van der Waals surface area contributed by atoms with E-state index in [9.17, 15) is 4.79 Å². The molecule has 0 radical (unpaired) electrons. The number of nitrogens with zero attached hydrogens (tertiary/aromatic N) is 3. The third kappa shape index (κ3) is 4.69. The van der Waals surface area contributed by atoms with Crippen LogP contribution in [0.4, 0.5) is 0 Å². The zero-order valence-electron chi connectivity index (χ0n) is 16.0. The van der Waals surface area contributed by atoms with Crippen LogP contribution in [0.2, 0.25) is 0 Å². The van der Waals surface area contributed by atoms with Gasteiger partial charge in [-0.25, -0.2) is 0 Å². The quantitative estimate of drug-likeness (QED) is 0.841. The van der Waals surface area contributed by atoms with Crippen LogP contribution in [0.15, 0.2) is 30.5 Å². The number of aryl methyl sites for hydroxylation is 1. The van der Waals surface area contributed by atoms with Crippen LogP contribution < -0.4 is 5.73 Å². The molecule has 0 aromatic carbocycles. The first kappa shape index (κ1) is 19.2. The molecule has 0 bridgehead atoms. The first-order chi connectivity index (χ1) is 11.8. The molecule has 136 valence electrons. The molecular formula is C20H30N4O. The number of amides is 1. The van der Waals surface area contributed by atoms with Crippen molar-refractivity contribution >= 4 is 5.91 Å². The van der Waals surface area contributed by atoms with E-state index in [4.69, 9.17) is 5.73 Å². The van der Waals surface area contributed by atoms with Gasteiger partial charge in [-0.3, -0.25) is 9.78 Å². The van der Waals surface area contributed by atoms with Crippen molar-refractivity contribution in [3.63, 3.8) is 0 Å². The summed E-state index contributed by atoms with van der Waals surface area (Å²) in [5.74, 6) is 0.475. The molecule has 25 heavy (non-hydrogen) atoms. The molecule has 2 rings (SSSR count). The highest BCUT2D eigenvalue weighted by molar-refractivity contribution is 5.95. The van der Waals surface area contributed by atoms with Crippen molar-refractivity contribution in [2.75, 3.05) is 13.6 Å². The standard InChI is InChI=1S/C20H30N4O/c1-14(2)19(21)9-11-23(5)20(25)18-12-15(3)24(16(18)4)13-17-8-6-7-10-22-17/h6-8,10,12,14,19H,9,11,13,21H2,1-5H3. The molecule has 2 aromatic heterocycles. The molecule has 0 saturated heterocycles. The van der Waals surface area contributed by atoms with Crippen molar-refractivity contribution in [3.8, 4) is 0 Å². The Labute approximate surface area is 150 Å². The largest absolute Gasteiger partial charge is 0.342 e. The van der Waals surface area contributed by atoms with Crippen LogP contribution in [0, 0.1) is 19.8 Å². The summed E-state index contributed by atoms with van der Waals surface area (Å²) >= 11 is 0. The van der Waals surface area contributed by atoms with Gasteiger partial charge in [0.2, 0.25) is 0 Å². The lowest BCUT2D eigenvalue weighted by molar-refractivity contribution is 0.0788. The third-order valence-corrected chi connectivity index (χ3v) is 4.85. The maximum absolute atomic E-state index is 12.8. The molecule has 0 aliphatic heterocycles. The first-order valence-corrected chi connectivity index (χ1v) is 8.89. The summed E-state index contributed by atoms with van der Waals surface area (Å²) in [6, 6.07) is 7.98. The lowest BCUT2D eigenvalue weighted by atomic mass is 10.0. The van der Waals surface area contributed by atoms with E-state index in [1.807, 2.05) is 45.2 Å². The van der Waals surface area contributed by atoms with E-state index in [1.165, 1.54) is 0 Å². The lowest BCUT2D eigenvalue weighted by Crippen LogP contribution is -2.34. The minimum absolute atomic E-state index is 0.0522. The molecule has 0 aliphatic rings. The Morgan fingerprint density at radius 3 is 2.64 bits per heavy atom. The molecule has 2 heterocycles. The maximum atomic E-state index is 12.8. The normalized spacial score (nSPS) is 12.4. The van der Waals surface area contributed by atoms with Crippen LogP contribution in [0.1, 0.15) is 47.7 Å². The summed E-state index contributed by atoms with van der Waals surface area (Å²) in [5, 5.41) is 0. The zero-order valence-corrected chi connectivity index (χ0v) is 16.0. The van der Waals surface area contributed by atoms with Crippen molar-refractivity contribution < 1.29 is 4.79 Å². The molecule has 5 nitrogen and oxygen atoms in total. The van der Waals surface area contributed by atoms with Crippen molar-refractivity contribution in [1.82, 2.24) is 14.5 Å². The second kappa shape index (κ2) is 8.30. The minimum atomic E-state index is 0.0522. The van der Waals surface area contributed by atoms with E-state index in [1.54, 1.807) is 11.1 Å². The van der Waals surface area contributed by atoms with Crippen LogP contribution in [-0.2, 0) is 6.54 Å². The predicted molar refractivity (Wildman–Crippen MR) is 102 cm³/mol. The summed E-state index contributed by atoms with van der Waals surface area (Å²) in [5.41, 5.74) is 9.89. The fraction of sp³-hybridized carbons (Fsp3) is 0.500. The molecule has 2 N–H and O–H groups in total. The number of hydrogen-bond acceptors (Lipinski definition) is 3. The predicted octanol–water partition coefficient (Wildman–Crippen LogP) is 2.99. The van der Waals surface area contributed by atoms with Gasteiger partial charge in [0.15, 0.2) is 0 Å². The molecule has 0 fully saturated rings. The van der Waals surface area contributed by atoms with Crippen LogP contribution in [0.25, 0.3) is 0 Å². The molecule has 1 atom stereocenters. The average Bonchev–Trinajstić information content (AvgIpc) is 2.87. The van der Waals surface area contributed by atoms with E-state index >= 15 is 0 Å². The Kier molecular flexibility index (Phi) is 6.37. The van der Waals surface area contributed by atoms with Crippen LogP contribution in [0.3, 0.4) is 0 Å². The number of carbonyl (C=O) groups is 1. The average molecular weight is 342 g/mol. The summed E-state index contributed by atoms with van der Waals surface area (Å²) < 4.78 is 2.14. The van der Waals surface area contributed by atoms with E-state index < -0.39 is 0 Å². The van der Waals surface area contributed by atoms with Crippen molar-refractivity contribution in [1.29, 1.82) is 0 Å². The van der Waals surface area contributed by atoms with Crippen LogP contribution in [-0.4, -0.2) is 40.0 Å². The SMILES string of the molecule is Cc1cc(C(=O)N(C)CCC(N)C(C)C)c(C)n1Cc1ccccn1. The topological polar surface area (TPSA) is 64.2 Å². The van der Waals surface area contributed by atoms with Gasteiger partial charge in [-0.1, -0.05) is 19.9 Å². The number of hydrogen-bond donors (Lipinski definition) is 1. The van der Waals surface area contributed by atoms with Gasteiger partial charge in [-0.05, 0) is 44.4 Å². The van der Waals surface area contributed by atoms with Gasteiger partial charge in [0, 0.05) is 37.2 Å². The summed E-state index contributed by atoms with van der Waals surface area (Å²) in [6.45, 7) is 9.59. The van der Waals surface area contributed by atoms with Gasteiger partial charge in [0.25, 0.3) is 5.91 Å². The Balaban J connectivity index is 2.11.